The number of hydrogen-bond donors (Lipinski definition) is 2. The molecular formula is C27H21FeN4O-. The Morgan fingerprint density at radius 3 is 1.45 bits per heavy atom. The van der Waals surface area contributed by atoms with Crippen LogP contribution >= 0.6 is 0 Å². The molecule has 4 aromatic rings. The molecule has 5 nitrogen and oxygen atoms in total. The zero-order valence-electron chi connectivity index (χ0n) is 17.9. The SMILES string of the molecule is C1=Cc2cc3ccc(cc4ccc(cc5nc(cc1n2)C=C5)[nH]4)[nH]3.COc1cc[c-]cc1.[Fe]. The van der Waals surface area contributed by atoms with Crippen LogP contribution in [-0.4, -0.2) is 27.0 Å². The number of methoxy groups -OCH3 is 1. The third-order valence-electron chi connectivity index (χ3n) is 4.97. The van der Waals surface area contributed by atoms with Gasteiger partial charge in [0.15, 0.2) is 0 Å². The average Bonchev–Trinajstić information content (AvgIpc) is 3.61. The molecule has 0 fully saturated rings. The molecule has 33 heavy (non-hydrogen) atoms. The molecule has 5 heterocycles. The van der Waals surface area contributed by atoms with Crippen molar-refractivity contribution in [2.75, 3.05) is 7.11 Å². The Hall–Kier alpha value is -3.86. The van der Waals surface area contributed by atoms with Gasteiger partial charge in [-0.2, -0.15) is 18.2 Å². The van der Waals surface area contributed by atoms with Crippen LogP contribution in [0, 0.1) is 6.07 Å². The van der Waals surface area contributed by atoms with Gasteiger partial charge in [0, 0.05) is 44.9 Å². The van der Waals surface area contributed by atoms with Gasteiger partial charge in [-0.05, 0) is 72.8 Å². The zero-order valence-corrected chi connectivity index (χ0v) is 19.0. The van der Waals surface area contributed by atoms with Crippen LogP contribution in [0.4, 0.5) is 0 Å². The number of hydrogen-bond acceptors (Lipinski definition) is 3. The van der Waals surface area contributed by atoms with E-state index in [2.05, 4.69) is 56.3 Å². The summed E-state index contributed by atoms with van der Waals surface area (Å²) in [4.78, 5) is 16.0. The first-order chi connectivity index (χ1) is 15.7. The van der Waals surface area contributed by atoms with Gasteiger partial charge in [0.2, 0.25) is 0 Å². The summed E-state index contributed by atoms with van der Waals surface area (Å²) in [5, 5.41) is 0. The summed E-state index contributed by atoms with van der Waals surface area (Å²) >= 11 is 0. The van der Waals surface area contributed by atoms with Crippen LogP contribution in [0.3, 0.4) is 0 Å². The normalized spacial score (nSPS) is 11.3. The third kappa shape index (κ3) is 5.69. The summed E-state index contributed by atoms with van der Waals surface area (Å²) < 4.78 is 4.89. The number of aromatic amines is 2. The van der Waals surface area contributed by atoms with Crippen LogP contribution in [0.2, 0.25) is 0 Å². The molecule has 164 valence electrons. The first kappa shape index (κ1) is 22.3. The quantitative estimate of drug-likeness (QED) is 0.222. The summed E-state index contributed by atoms with van der Waals surface area (Å²) in [6, 6.07) is 26.7. The van der Waals surface area contributed by atoms with Crippen LogP contribution in [0.25, 0.3) is 46.4 Å². The van der Waals surface area contributed by atoms with Gasteiger partial charge in [0.05, 0.1) is 29.9 Å². The maximum absolute atomic E-state index is 4.89. The number of ether oxygens (including phenoxy) is 1. The molecular weight excluding hydrogens is 452 g/mol. The Balaban J connectivity index is 0.000000247. The van der Waals surface area contributed by atoms with Gasteiger partial charge in [-0.25, -0.2) is 9.97 Å². The first-order valence-corrected chi connectivity index (χ1v) is 10.3. The van der Waals surface area contributed by atoms with E-state index in [1.807, 2.05) is 66.8 Å². The Labute approximate surface area is 202 Å². The molecule has 6 rings (SSSR count). The van der Waals surface area contributed by atoms with Gasteiger partial charge < -0.3 is 14.7 Å². The number of aromatic nitrogens is 4. The Morgan fingerprint density at radius 1 is 0.606 bits per heavy atom. The van der Waals surface area contributed by atoms with Crippen molar-refractivity contribution in [3.05, 3.63) is 102 Å². The van der Waals surface area contributed by atoms with Crippen molar-refractivity contribution < 1.29 is 21.8 Å². The molecule has 2 aliphatic rings. The van der Waals surface area contributed by atoms with Crippen molar-refractivity contribution in [1.82, 2.24) is 19.9 Å². The maximum Gasteiger partial charge on any atom is 0.0743 e. The van der Waals surface area contributed by atoms with E-state index in [1.54, 1.807) is 7.11 Å². The summed E-state index contributed by atoms with van der Waals surface area (Å²) in [6.45, 7) is 0. The fourth-order valence-corrected chi connectivity index (χ4v) is 3.45. The van der Waals surface area contributed by atoms with Crippen LogP contribution < -0.4 is 4.74 Å². The summed E-state index contributed by atoms with van der Waals surface area (Å²) in [5.41, 5.74) is 7.86. The fourth-order valence-electron chi connectivity index (χ4n) is 3.45. The predicted octanol–water partition coefficient (Wildman–Crippen LogP) is 6.15. The summed E-state index contributed by atoms with van der Waals surface area (Å²) in [7, 11) is 1.65. The third-order valence-corrected chi connectivity index (χ3v) is 4.97. The Kier molecular flexibility index (Phi) is 6.89. The average molecular weight is 473 g/mol. The van der Waals surface area contributed by atoms with E-state index >= 15 is 0 Å². The van der Waals surface area contributed by atoms with Gasteiger partial charge in [0.1, 0.15) is 0 Å². The molecule has 6 heteroatoms. The van der Waals surface area contributed by atoms with E-state index in [4.69, 9.17) is 4.74 Å². The maximum atomic E-state index is 4.89. The number of H-pyrrole nitrogens is 2. The van der Waals surface area contributed by atoms with E-state index < -0.39 is 0 Å². The number of rotatable bonds is 1. The topological polar surface area (TPSA) is 66.6 Å². The molecule has 1 aromatic carbocycles. The van der Waals surface area contributed by atoms with Crippen LogP contribution in [0.15, 0.2) is 72.8 Å². The smallest absolute Gasteiger partial charge is 0.0743 e. The molecule has 0 saturated heterocycles. The van der Waals surface area contributed by atoms with Crippen LogP contribution in [0.1, 0.15) is 22.8 Å². The van der Waals surface area contributed by atoms with Crippen molar-refractivity contribution in [2.45, 2.75) is 0 Å². The van der Waals surface area contributed by atoms with Crippen LogP contribution in [-0.2, 0) is 17.1 Å². The van der Waals surface area contributed by atoms with Gasteiger partial charge >= 0.3 is 0 Å². The van der Waals surface area contributed by atoms with E-state index in [9.17, 15) is 0 Å². The minimum absolute atomic E-state index is 0. The van der Waals surface area contributed by atoms with Gasteiger partial charge in [-0.3, -0.25) is 0 Å². The summed E-state index contributed by atoms with van der Waals surface area (Å²) in [5.74, 6) is 0.878. The van der Waals surface area contributed by atoms with E-state index in [0.29, 0.717) is 0 Å². The number of fused-ring (bicyclic) bond motifs is 8. The molecule has 0 atom stereocenters. The molecule has 3 aromatic heterocycles. The molecule has 0 amide bonds. The second-order valence-electron chi connectivity index (χ2n) is 7.34. The molecule has 2 N–H and O–H groups in total. The number of nitrogens with zero attached hydrogens (tertiary/aromatic N) is 2. The fraction of sp³-hybridized carbons (Fsp3) is 0.0370. The molecule has 0 aliphatic carbocycles. The Morgan fingerprint density at radius 2 is 1.03 bits per heavy atom. The molecule has 0 unspecified atom stereocenters. The summed E-state index contributed by atoms with van der Waals surface area (Å²) in [6.07, 6.45) is 8.05. The minimum atomic E-state index is 0. The van der Waals surface area contributed by atoms with E-state index in [1.165, 1.54) is 0 Å². The first-order valence-electron chi connectivity index (χ1n) is 10.3. The minimum Gasteiger partial charge on any atom is -0.522 e. The zero-order chi connectivity index (χ0) is 21.8. The van der Waals surface area contributed by atoms with Crippen molar-refractivity contribution in [1.29, 1.82) is 0 Å². The molecule has 0 radical (unpaired) electrons. The van der Waals surface area contributed by atoms with Crippen molar-refractivity contribution in [2.24, 2.45) is 0 Å². The van der Waals surface area contributed by atoms with E-state index in [-0.39, 0.29) is 17.1 Å². The molecule has 0 saturated carbocycles. The van der Waals surface area contributed by atoms with Crippen LogP contribution in [0.5, 0.6) is 5.75 Å². The largest absolute Gasteiger partial charge is 0.522 e. The Bertz CT molecular complexity index is 1380. The molecule has 8 bridgehead atoms. The number of nitrogens with one attached hydrogen (secondary N) is 2. The monoisotopic (exact) mass is 473 g/mol. The van der Waals surface area contributed by atoms with Crippen molar-refractivity contribution >= 4 is 46.4 Å². The van der Waals surface area contributed by atoms with Crippen molar-refractivity contribution in [3.8, 4) is 5.75 Å². The van der Waals surface area contributed by atoms with E-state index in [0.717, 1.165) is 50.6 Å². The van der Waals surface area contributed by atoms with Gasteiger partial charge in [0.25, 0.3) is 0 Å². The molecule has 2 aliphatic heterocycles. The second-order valence-corrected chi connectivity index (χ2v) is 7.34. The van der Waals surface area contributed by atoms with Crippen molar-refractivity contribution in [3.63, 3.8) is 0 Å². The standard InChI is InChI=1S/C20H14N4.C7H7O.Fe/c1-2-14-10-16-5-6-18(23-16)12-20-8-7-19(24-20)11-17-4-3-15(22-17)9-13(1)21-14;1-8-7-5-3-2-4-6-7;/h1-12,21-22H;3-6H,1H3;/q;-1;. The predicted molar refractivity (Wildman–Crippen MR) is 131 cm³/mol. The van der Waals surface area contributed by atoms with Gasteiger partial charge in [-0.15, -0.1) is 12.1 Å². The molecule has 0 spiro atoms. The second kappa shape index (κ2) is 10.2. The number of benzene rings is 1. The van der Waals surface area contributed by atoms with Gasteiger partial charge in [-0.1, -0.05) is 0 Å².